The Hall–Kier alpha value is -1.27. The van der Waals surface area contributed by atoms with Gasteiger partial charge in [0, 0.05) is 6.42 Å². The van der Waals surface area contributed by atoms with Crippen molar-refractivity contribution >= 4 is 27.7 Å². The summed E-state index contributed by atoms with van der Waals surface area (Å²) < 4.78 is 13.0. The van der Waals surface area contributed by atoms with Crippen LogP contribution in [0.4, 0.5) is 4.39 Å². The van der Waals surface area contributed by atoms with Crippen molar-refractivity contribution in [1.29, 1.82) is 0 Å². The number of carboxylic acids is 1. The van der Waals surface area contributed by atoms with Crippen LogP contribution in [0.25, 0.3) is 0 Å². The Bertz CT molecular complexity index is 447. The van der Waals surface area contributed by atoms with Crippen LogP contribution in [0.15, 0.2) is 18.2 Å². The summed E-state index contributed by atoms with van der Waals surface area (Å²) in [5.74, 6) is -2.25. The van der Waals surface area contributed by atoms with E-state index in [1.54, 1.807) is 0 Å². The standard InChI is InChI=1S/C11H10BrFO4/c12-5-8(14)4-6-3-7(13)1-2-9(6)10(15)11(16)17/h1-3,10,15H,4-5H2,(H,16,17). The van der Waals surface area contributed by atoms with Gasteiger partial charge in [-0.15, -0.1) is 0 Å². The number of aliphatic hydroxyl groups is 1. The lowest BCUT2D eigenvalue weighted by atomic mass is 9.98. The Morgan fingerprint density at radius 3 is 2.59 bits per heavy atom. The summed E-state index contributed by atoms with van der Waals surface area (Å²) in [6.45, 7) is 0. The van der Waals surface area contributed by atoms with Gasteiger partial charge in [-0.2, -0.15) is 0 Å². The zero-order valence-corrected chi connectivity index (χ0v) is 10.3. The molecule has 0 aliphatic carbocycles. The molecule has 17 heavy (non-hydrogen) atoms. The lowest BCUT2D eigenvalue weighted by Gasteiger charge is -2.11. The second kappa shape index (κ2) is 5.88. The number of carbonyl (C=O) groups is 2. The number of benzene rings is 1. The van der Waals surface area contributed by atoms with Crippen molar-refractivity contribution in [1.82, 2.24) is 0 Å². The number of aliphatic carboxylic acids is 1. The van der Waals surface area contributed by atoms with Crippen LogP contribution >= 0.6 is 15.9 Å². The van der Waals surface area contributed by atoms with Crippen molar-refractivity contribution in [2.75, 3.05) is 5.33 Å². The van der Waals surface area contributed by atoms with Crippen LogP contribution < -0.4 is 0 Å². The summed E-state index contributed by atoms with van der Waals surface area (Å²) in [7, 11) is 0. The maximum atomic E-state index is 13.0. The average molecular weight is 305 g/mol. The zero-order valence-electron chi connectivity index (χ0n) is 8.69. The van der Waals surface area contributed by atoms with E-state index in [0.29, 0.717) is 0 Å². The molecule has 0 heterocycles. The summed E-state index contributed by atoms with van der Waals surface area (Å²) >= 11 is 2.96. The molecule has 1 aromatic carbocycles. The monoisotopic (exact) mass is 304 g/mol. The van der Waals surface area contributed by atoms with Crippen LogP contribution in [0.1, 0.15) is 17.2 Å². The molecule has 0 saturated heterocycles. The van der Waals surface area contributed by atoms with Crippen LogP contribution in [0, 0.1) is 5.82 Å². The van der Waals surface area contributed by atoms with Gasteiger partial charge in [-0.05, 0) is 23.3 Å². The molecule has 0 aliphatic heterocycles. The summed E-state index contributed by atoms with van der Waals surface area (Å²) in [5.41, 5.74) is 0.220. The van der Waals surface area contributed by atoms with Crippen molar-refractivity contribution in [2.45, 2.75) is 12.5 Å². The molecule has 4 nitrogen and oxygen atoms in total. The highest BCUT2D eigenvalue weighted by Crippen LogP contribution is 2.20. The van der Waals surface area contributed by atoms with Crippen molar-refractivity contribution in [3.8, 4) is 0 Å². The van der Waals surface area contributed by atoms with Gasteiger partial charge in [0.25, 0.3) is 0 Å². The van der Waals surface area contributed by atoms with Gasteiger partial charge in [-0.3, -0.25) is 4.79 Å². The molecule has 0 radical (unpaired) electrons. The molecule has 92 valence electrons. The highest BCUT2D eigenvalue weighted by atomic mass is 79.9. The minimum Gasteiger partial charge on any atom is -0.479 e. The maximum absolute atomic E-state index is 13.0. The third kappa shape index (κ3) is 3.61. The number of aliphatic hydroxyl groups excluding tert-OH is 1. The first-order chi connectivity index (χ1) is 7.95. The molecule has 1 atom stereocenters. The van der Waals surface area contributed by atoms with E-state index in [9.17, 15) is 19.1 Å². The second-order valence-corrected chi connectivity index (χ2v) is 3.99. The number of hydrogen-bond acceptors (Lipinski definition) is 3. The summed E-state index contributed by atoms with van der Waals surface area (Å²) in [6, 6.07) is 3.27. The van der Waals surface area contributed by atoms with Gasteiger partial charge < -0.3 is 10.2 Å². The molecule has 1 aromatic rings. The largest absolute Gasteiger partial charge is 0.479 e. The van der Waals surface area contributed by atoms with Gasteiger partial charge in [0.05, 0.1) is 5.33 Å². The first kappa shape index (κ1) is 13.8. The van der Waals surface area contributed by atoms with Crippen LogP contribution in [-0.4, -0.2) is 27.3 Å². The number of Topliss-reactive ketones (excluding diaryl/α,β-unsaturated/α-hetero) is 1. The van der Waals surface area contributed by atoms with E-state index >= 15 is 0 Å². The molecule has 0 saturated carbocycles. The van der Waals surface area contributed by atoms with E-state index in [-0.39, 0.29) is 28.7 Å². The van der Waals surface area contributed by atoms with Gasteiger partial charge in [0.15, 0.2) is 6.10 Å². The highest BCUT2D eigenvalue weighted by Gasteiger charge is 2.20. The van der Waals surface area contributed by atoms with Crippen LogP contribution in [0.5, 0.6) is 0 Å². The van der Waals surface area contributed by atoms with Gasteiger partial charge in [-0.1, -0.05) is 22.0 Å². The minimum atomic E-state index is -1.76. The predicted octanol–water partition coefficient (Wildman–Crippen LogP) is 1.45. The van der Waals surface area contributed by atoms with E-state index in [4.69, 9.17) is 5.11 Å². The van der Waals surface area contributed by atoms with Crippen LogP contribution in [-0.2, 0) is 16.0 Å². The van der Waals surface area contributed by atoms with Crippen molar-refractivity contribution in [2.24, 2.45) is 0 Å². The molecular weight excluding hydrogens is 295 g/mol. The Kier molecular flexibility index (Phi) is 4.77. The Balaban J connectivity index is 3.11. The predicted molar refractivity (Wildman–Crippen MR) is 61.5 cm³/mol. The molecule has 0 amide bonds. The average Bonchev–Trinajstić information content (AvgIpc) is 2.28. The third-order valence-corrected chi connectivity index (χ3v) is 2.80. The smallest absolute Gasteiger partial charge is 0.337 e. The third-order valence-electron chi connectivity index (χ3n) is 2.17. The van der Waals surface area contributed by atoms with Crippen molar-refractivity contribution in [3.05, 3.63) is 35.1 Å². The minimum absolute atomic E-state index is 0.0354. The first-order valence-corrected chi connectivity index (χ1v) is 5.84. The number of rotatable bonds is 5. The van der Waals surface area contributed by atoms with E-state index in [2.05, 4.69) is 15.9 Å². The zero-order chi connectivity index (χ0) is 13.0. The molecule has 1 unspecified atom stereocenters. The van der Waals surface area contributed by atoms with E-state index in [1.165, 1.54) is 6.07 Å². The molecule has 0 aromatic heterocycles. The molecule has 6 heteroatoms. The normalized spacial score (nSPS) is 12.2. The van der Waals surface area contributed by atoms with Gasteiger partial charge in [0.2, 0.25) is 0 Å². The number of carboxylic acid groups (broad SMARTS) is 1. The Labute approximate surface area is 105 Å². The molecule has 2 N–H and O–H groups in total. The Morgan fingerprint density at radius 1 is 1.41 bits per heavy atom. The Morgan fingerprint density at radius 2 is 2.06 bits per heavy atom. The molecule has 1 rings (SSSR count). The molecule has 0 bridgehead atoms. The highest BCUT2D eigenvalue weighted by molar-refractivity contribution is 9.09. The van der Waals surface area contributed by atoms with Gasteiger partial charge in [-0.25, -0.2) is 9.18 Å². The molecular formula is C11H10BrFO4. The molecule has 0 fully saturated rings. The quantitative estimate of drug-likeness (QED) is 0.808. The van der Waals surface area contributed by atoms with Crippen LogP contribution in [0.3, 0.4) is 0 Å². The number of ketones is 1. The van der Waals surface area contributed by atoms with Crippen molar-refractivity contribution < 1.29 is 24.2 Å². The fourth-order valence-electron chi connectivity index (χ4n) is 1.39. The topological polar surface area (TPSA) is 74.6 Å². The van der Waals surface area contributed by atoms with Crippen molar-refractivity contribution in [3.63, 3.8) is 0 Å². The fraction of sp³-hybridized carbons (Fsp3) is 0.273. The lowest BCUT2D eigenvalue weighted by molar-refractivity contribution is -0.147. The van der Waals surface area contributed by atoms with E-state index in [1.807, 2.05) is 0 Å². The lowest BCUT2D eigenvalue weighted by Crippen LogP contribution is -2.15. The summed E-state index contributed by atoms with van der Waals surface area (Å²) in [5, 5.41) is 18.2. The summed E-state index contributed by atoms with van der Waals surface area (Å²) in [4.78, 5) is 21.9. The number of halogens is 2. The maximum Gasteiger partial charge on any atom is 0.337 e. The summed E-state index contributed by atoms with van der Waals surface area (Å²) in [6.07, 6.45) is -1.88. The second-order valence-electron chi connectivity index (χ2n) is 3.43. The number of hydrogen-bond donors (Lipinski definition) is 2. The SMILES string of the molecule is O=C(CBr)Cc1cc(F)ccc1C(O)C(=O)O. The number of alkyl halides is 1. The van der Waals surface area contributed by atoms with E-state index in [0.717, 1.165) is 12.1 Å². The fourth-order valence-corrected chi connectivity index (χ4v) is 1.59. The molecule has 0 aliphatic rings. The van der Waals surface area contributed by atoms with Crippen LogP contribution in [0.2, 0.25) is 0 Å². The number of carbonyl (C=O) groups excluding carboxylic acids is 1. The van der Waals surface area contributed by atoms with Gasteiger partial charge >= 0.3 is 5.97 Å². The van der Waals surface area contributed by atoms with E-state index < -0.39 is 17.9 Å². The molecule has 0 spiro atoms. The first-order valence-electron chi connectivity index (χ1n) is 4.72. The van der Waals surface area contributed by atoms with Gasteiger partial charge in [0.1, 0.15) is 11.6 Å².